The summed E-state index contributed by atoms with van der Waals surface area (Å²) in [6, 6.07) is 18.1. The minimum atomic E-state index is -0.156. The van der Waals surface area contributed by atoms with Gasteiger partial charge in [0.15, 0.2) is 0 Å². The summed E-state index contributed by atoms with van der Waals surface area (Å²) < 4.78 is 0. The predicted octanol–water partition coefficient (Wildman–Crippen LogP) is 4.34. The van der Waals surface area contributed by atoms with E-state index in [0.717, 1.165) is 24.3 Å². The Bertz CT molecular complexity index is 906. The van der Waals surface area contributed by atoms with Crippen LogP contribution in [-0.4, -0.2) is 40.9 Å². The fourth-order valence-electron chi connectivity index (χ4n) is 3.12. The highest BCUT2D eigenvalue weighted by atomic mass is 16.2. The minimum Gasteiger partial charge on any atom is -0.372 e. The standard InChI is InChI=1S/C23H27N5O/c1-4-28(5-2)20-13-11-19(12-14-20)26-22-16-24-21(15-25-22)23(29)27(3)17-18-9-7-6-8-10-18/h6-16H,4-5,17H2,1-3H3,(H,25,26). The summed E-state index contributed by atoms with van der Waals surface area (Å²) in [5.74, 6) is 0.444. The van der Waals surface area contributed by atoms with Crippen LogP contribution in [0.2, 0.25) is 0 Å². The second kappa shape index (κ2) is 9.68. The molecule has 1 heterocycles. The second-order valence-electron chi connectivity index (χ2n) is 6.78. The molecule has 6 nitrogen and oxygen atoms in total. The summed E-state index contributed by atoms with van der Waals surface area (Å²) in [6.07, 6.45) is 3.10. The molecule has 0 saturated heterocycles. The molecule has 3 rings (SSSR count). The van der Waals surface area contributed by atoms with Crippen molar-refractivity contribution in [1.82, 2.24) is 14.9 Å². The highest BCUT2D eigenvalue weighted by molar-refractivity contribution is 5.91. The molecule has 0 fully saturated rings. The van der Waals surface area contributed by atoms with Crippen LogP contribution in [0.5, 0.6) is 0 Å². The van der Waals surface area contributed by atoms with E-state index in [-0.39, 0.29) is 5.91 Å². The normalized spacial score (nSPS) is 10.4. The lowest BCUT2D eigenvalue weighted by molar-refractivity contribution is 0.0779. The Balaban J connectivity index is 1.61. The first-order valence-electron chi connectivity index (χ1n) is 9.84. The highest BCUT2D eigenvalue weighted by Crippen LogP contribution is 2.20. The van der Waals surface area contributed by atoms with Gasteiger partial charge >= 0.3 is 0 Å². The summed E-state index contributed by atoms with van der Waals surface area (Å²) in [4.78, 5) is 25.1. The van der Waals surface area contributed by atoms with Crippen LogP contribution in [-0.2, 0) is 6.54 Å². The van der Waals surface area contributed by atoms with Crippen LogP contribution >= 0.6 is 0 Å². The molecule has 2 aromatic carbocycles. The highest BCUT2D eigenvalue weighted by Gasteiger charge is 2.14. The van der Waals surface area contributed by atoms with Crippen molar-refractivity contribution in [2.75, 3.05) is 30.4 Å². The molecule has 0 bridgehead atoms. The van der Waals surface area contributed by atoms with Crippen molar-refractivity contribution >= 4 is 23.1 Å². The maximum Gasteiger partial charge on any atom is 0.274 e. The van der Waals surface area contributed by atoms with Gasteiger partial charge in [0, 0.05) is 38.1 Å². The number of nitrogens with zero attached hydrogens (tertiary/aromatic N) is 4. The fraction of sp³-hybridized carbons (Fsp3) is 0.261. The number of amides is 1. The van der Waals surface area contributed by atoms with Crippen molar-refractivity contribution in [3.63, 3.8) is 0 Å². The molecule has 0 aliphatic rings. The molecule has 1 aromatic heterocycles. The minimum absolute atomic E-state index is 0.156. The predicted molar refractivity (Wildman–Crippen MR) is 118 cm³/mol. The third-order valence-electron chi connectivity index (χ3n) is 4.75. The Hall–Kier alpha value is -3.41. The lowest BCUT2D eigenvalue weighted by Gasteiger charge is -2.21. The van der Waals surface area contributed by atoms with Gasteiger partial charge in [0.1, 0.15) is 11.5 Å². The third kappa shape index (κ3) is 5.31. The number of hydrogen-bond donors (Lipinski definition) is 1. The summed E-state index contributed by atoms with van der Waals surface area (Å²) >= 11 is 0. The van der Waals surface area contributed by atoms with E-state index in [0.29, 0.717) is 18.1 Å². The van der Waals surface area contributed by atoms with Crippen LogP contribution in [0.1, 0.15) is 29.9 Å². The molecule has 29 heavy (non-hydrogen) atoms. The SMILES string of the molecule is CCN(CC)c1ccc(Nc2cnc(C(=O)N(C)Cc3ccccc3)cn2)cc1. The second-order valence-corrected chi connectivity index (χ2v) is 6.78. The first-order valence-corrected chi connectivity index (χ1v) is 9.84. The third-order valence-corrected chi connectivity index (χ3v) is 4.75. The Kier molecular flexibility index (Phi) is 6.79. The average molecular weight is 390 g/mol. The summed E-state index contributed by atoms with van der Waals surface area (Å²) in [6.45, 7) is 6.77. The van der Waals surface area contributed by atoms with Gasteiger partial charge in [-0.05, 0) is 43.7 Å². The van der Waals surface area contributed by atoms with E-state index in [1.165, 1.54) is 11.9 Å². The summed E-state index contributed by atoms with van der Waals surface area (Å²) in [5, 5.41) is 3.22. The zero-order valence-electron chi connectivity index (χ0n) is 17.2. The molecule has 0 aliphatic heterocycles. The molecule has 0 saturated carbocycles. The first kappa shape index (κ1) is 20.3. The first-order chi connectivity index (χ1) is 14.1. The maximum absolute atomic E-state index is 12.6. The van der Waals surface area contributed by atoms with Crippen LogP contribution in [0.15, 0.2) is 67.0 Å². The Morgan fingerprint density at radius 3 is 2.21 bits per heavy atom. The van der Waals surface area contributed by atoms with E-state index in [1.54, 1.807) is 18.1 Å². The van der Waals surface area contributed by atoms with Crippen LogP contribution in [0.3, 0.4) is 0 Å². The van der Waals surface area contributed by atoms with E-state index in [2.05, 4.69) is 46.2 Å². The van der Waals surface area contributed by atoms with Gasteiger partial charge in [0.2, 0.25) is 0 Å². The van der Waals surface area contributed by atoms with Crippen LogP contribution in [0, 0.1) is 0 Å². The van der Waals surface area contributed by atoms with E-state index in [9.17, 15) is 4.79 Å². The average Bonchev–Trinajstić information content (AvgIpc) is 2.76. The number of carbonyl (C=O) groups is 1. The molecule has 0 aliphatic carbocycles. The van der Waals surface area contributed by atoms with E-state index >= 15 is 0 Å². The number of hydrogen-bond acceptors (Lipinski definition) is 5. The molecule has 1 amide bonds. The van der Waals surface area contributed by atoms with Gasteiger partial charge in [-0.1, -0.05) is 30.3 Å². The Morgan fingerprint density at radius 1 is 0.931 bits per heavy atom. The summed E-state index contributed by atoms with van der Waals surface area (Å²) in [5.41, 5.74) is 3.51. The number of carbonyl (C=O) groups excluding carboxylic acids is 1. The molecule has 150 valence electrons. The quantitative estimate of drug-likeness (QED) is 0.621. The monoisotopic (exact) mass is 389 g/mol. The molecule has 1 N–H and O–H groups in total. The van der Waals surface area contributed by atoms with E-state index in [4.69, 9.17) is 0 Å². The van der Waals surface area contributed by atoms with E-state index in [1.807, 2.05) is 42.5 Å². The number of anilines is 3. The van der Waals surface area contributed by atoms with Crippen molar-refractivity contribution in [1.29, 1.82) is 0 Å². The molecule has 0 atom stereocenters. The Morgan fingerprint density at radius 2 is 1.62 bits per heavy atom. The molecule has 0 unspecified atom stereocenters. The molecular weight excluding hydrogens is 362 g/mol. The lowest BCUT2D eigenvalue weighted by Crippen LogP contribution is -2.27. The van der Waals surface area contributed by atoms with Crippen molar-refractivity contribution in [2.24, 2.45) is 0 Å². The zero-order valence-corrected chi connectivity index (χ0v) is 17.2. The number of nitrogens with one attached hydrogen (secondary N) is 1. The van der Waals surface area contributed by atoms with Crippen LogP contribution in [0.4, 0.5) is 17.2 Å². The molecule has 0 radical (unpaired) electrons. The topological polar surface area (TPSA) is 61.4 Å². The smallest absolute Gasteiger partial charge is 0.274 e. The molecule has 6 heteroatoms. The lowest BCUT2D eigenvalue weighted by atomic mass is 10.2. The van der Waals surface area contributed by atoms with Gasteiger partial charge in [-0.15, -0.1) is 0 Å². The largest absolute Gasteiger partial charge is 0.372 e. The van der Waals surface area contributed by atoms with Crippen molar-refractivity contribution in [3.8, 4) is 0 Å². The van der Waals surface area contributed by atoms with Gasteiger partial charge < -0.3 is 15.1 Å². The Labute approximate surface area is 172 Å². The van der Waals surface area contributed by atoms with Crippen molar-refractivity contribution < 1.29 is 4.79 Å². The van der Waals surface area contributed by atoms with Gasteiger partial charge in [0.05, 0.1) is 12.4 Å². The zero-order chi connectivity index (χ0) is 20.6. The van der Waals surface area contributed by atoms with Crippen molar-refractivity contribution in [2.45, 2.75) is 20.4 Å². The van der Waals surface area contributed by atoms with Gasteiger partial charge in [-0.3, -0.25) is 4.79 Å². The van der Waals surface area contributed by atoms with E-state index < -0.39 is 0 Å². The van der Waals surface area contributed by atoms with Crippen LogP contribution < -0.4 is 10.2 Å². The van der Waals surface area contributed by atoms with Gasteiger partial charge in [0.25, 0.3) is 5.91 Å². The molecule has 3 aromatic rings. The fourth-order valence-corrected chi connectivity index (χ4v) is 3.12. The molecular formula is C23H27N5O. The number of rotatable bonds is 8. The molecule has 0 spiro atoms. The van der Waals surface area contributed by atoms with Gasteiger partial charge in [-0.25, -0.2) is 9.97 Å². The number of aromatic nitrogens is 2. The van der Waals surface area contributed by atoms with Gasteiger partial charge in [-0.2, -0.15) is 0 Å². The number of benzene rings is 2. The maximum atomic E-state index is 12.6. The van der Waals surface area contributed by atoms with Crippen LogP contribution in [0.25, 0.3) is 0 Å². The van der Waals surface area contributed by atoms with Crippen molar-refractivity contribution in [3.05, 3.63) is 78.2 Å². The summed E-state index contributed by atoms with van der Waals surface area (Å²) in [7, 11) is 1.76.